The van der Waals surface area contributed by atoms with Crippen molar-refractivity contribution >= 4 is 76.3 Å². The highest BCUT2D eigenvalue weighted by Crippen LogP contribution is 2.47. The molecule has 0 bridgehead atoms. The molecule has 1 atom stereocenters. The molecular formula is C48H31N3. The Labute approximate surface area is 294 Å². The molecule has 3 heteroatoms. The second-order valence-corrected chi connectivity index (χ2v) is 13.5. The summed E-state index contributed by atoms with van der Waals surface area (Å²) >= 11 is 0. The van der Waals surface area contributed by atoms with Crippen LogP contribution in [0.2, 0.25) is 0 Å². The Balaban J connectivity index is 1.18. The van der Waals surface area contributed by atoms with E-state index in [-0.39, 0.29) is 6.17 Å². The maximum Gasteiger partial charge on any atom is 0.145 e. The van der Waals surface area contributed by atoms with Gasteiger partial charge in [-0.25, -0.2) is 0 Å². The van der Waals surface area contributed by atoms with Crippen LogP contribution in [-0.4, -0.2) is 10.3 Å². The molecular weight excluding hydrogens is 619 g/mol. The van der Waals surface area contributed by atoms with Gasteiger partial charge >= 0.3 is 0 Å². The molecule has 0 aliphatic carbocycles. The van der Waals surface area contributed by atoms with Crippen LogP contribution in [0.1, 0.15) is 22.9 Å². The van der Waals surface area contributed by atoms with Crippen molar-refractivity contribution in [1.82, 2.24) is 4.57 Å². The topological polar surface area (TPSA) is 29.3 Å². The van der Waals surface area contributed by atoms with Gasteiger partial charge in [0.25, 0.3) is 0 Å². The van der Waals surface area contributed by atoms with Crippen LogP contribution in [0.5, 0.6) is 0 Å². The van der Waals surface area contributed by atoms with E-state index in [1.807, 2.05) is 0 Å². The lowest BCUT2D eigenvalue weighted by atomic mass is 9.88. The lowest BCUT2D eigenvalue weighted by molar-refractivity contribution is 0.827. The van der Waals surface area contributed by atoms with Crippen LogP contribution in [-0.2, 0) is 0 Å². The van der Waals surface area contributed by atoms with E-state index in [2.05, 4.69) is 186 Å². The van der Waals surface area contributed by atoms with Gasteiger partial charge in [-0.05, 0) is 62.1 Å². The largest absolute Gasteiger partial charge is 0.360 e. The predicted octanol–water partition coefficient (Wildman–Crippen LogP) is 12.4. The number of aliphatic imine (C=N–C) groups is 1. The summed E-state index contributed by atoms with van der Waals surface area (Å²) in [6.07, 6.45) is -0.202. The monoisotopic (exact) mass is 649 g/mol. The van der Waals surface area contributed by atoms with E-state index in [0.717, 1.165) is 33.8 Å². The zero-order valence-corrected chi connectivity index (χ0v) is 27.7. The molecule has 0 fully saturated rings. The number of fused-ring (bicyclic) bond motifs is 14. The van der Waals surface area contributed by atoms with Crippen LogP contribution in [0.3, 0.4) is 0 Å². The molecule has 9 aromatic carbocycles. The molecule has 10 aromatic rings. The highest BCUT2D eigenvalue weighted by atomic mass is 15.1. The predicted molar refractivity (Wildman–Crippen MR) is 216 cm³/mol. The number of benzene rings is 9. The molecule has 0 saturated carbocycles. The fourth-order valence-corrected chi connectivity index (χ4v) is 8.59. The van der Waals surface area contributed by atoms with Gasteiger partial charge < -0.3 is 9.88 Å². The van der Waals surface area contributed by atoms with Crippen molar-refractivity contribution in [1.29, 1.82) is 0 Å². The number of rotatable bonds is 3. The van der Waals surface area contributed by atoms with E-state index in [1.54, 1.807) is 0 Å². The number of para-hydroxylation sites is 2. The molecule has 11 rings (SSSR count). The van der Waals surface area contributed by atoms with Gasteiger partial charge in [-0.2, -0.15) is 0 Å². The first-order valence-corrected chi connectivity index (χ1v) is 17.6. The van der Waals surface area contributed by atoms with E-state index in [9.17, 15) is 0 Å². The quantitative estimate of drug-likeness (QED) is 0.190. The molecule has 1 aromatic heterocycles. The van der Waals surface area contributed by atoms with E-state index in [1.165, 1.54) is 64.9 Å². The summed E-state index contributed by atoms with van der Waals surface area (Å²) in [5.41, 5.74) is 9.04. The fraction of sp³-hybridized carbons (Fsp3) is 0.0208. The van der Waals surface area contributed by atoms with Crippen molar-refractivity contribution < 1.29 is 0 Å². The first kappa shape index (κ1) is 28.2. The molecule has 0 spiro atoms. The number of nitrogens with zero attached hydrogens (tertiary/aromatic N) is 2. The Morgan fingerprint density at radius 2 is 0.980 bits per heavy atom. The van der Waals surface area contributed by atoms with Gasteiger partial charge in [0.05, 0.1) is 16.7 Å². The molecule has 2 heterocycles. The van der Waals surface area contributed by atoms with Gasteiger partial charge in [0.2, 0.25) is 0 Å². The summed E-state index contributed by atoms with van der Waals surface area (Å²) in [7, 11) is 0. The lowest BCUT2D eigenvalue weighted by Crippen LogP contribution is -2.20. The van der Waals surface area contributed by atoms with Crippen molar-refractivity contribution in [3.05, 3.63) is 193 Å². The first-order chi connectivity index (χ1) is 25.3. The standard InChI is InChI=1S/C48H31N3/c1-2-14-30(15-3-1)46-39-22-10-12-24-41(39)49-48(50-46)31-26-28-32(29-27-31)51-42-25-13-11-23-40(42)45-44-36-19-7-5-17-34(36)33-16-4-6-18-35(33)43(44)37-20-8-9-21-38(37)47(45)51/h1-29,48-49H. The Morgan fingerprint density at radius 1 is 0.431 bits per heavy atom. The summed E-state index contributed by atoms with van der Waals surface area (Å²) in [6.45, 7) is 0. The molecule has 3 nitrogen and oxygen atoms in total. The van der Waals surface area contributed by atoms with Crippen molar-refractivity contribution in [2.75, 3.05) is 5.32 Å². The number of anilines is 1. The highest BCUT2D eigenvalue weighted by molar-refractivity contribution is 6.42. The smallest absolute Gasteiger partial charge is 0.145 e. The molecule has 51 heavy (non-hydrogen) atoms. The minimum atomic E-state index is -0.202. The Kier molecular flexibility index (Phi) is 6.02. The second-order valence-electron chi connectivity index (χ2n) is 13.5. The molecule has 0 saturated heterocycles. The fourth-order valence-electron chi connectivity index (χ4n) is 8.59. The average molecular weight is 650 g/mol. The highest BCUT2D eigenvalue weighted by Gasteiger charge is 2.24. The second kappa shape index (κ2) is 10.9. The van der Waals surface area contributed by atoms with Gasteiger partial charge in [0, 0.05) is 44.0 Å². The molecule has 0 radical (unpaired) electrons. The summed E-state index contributed by atoms with van der Waals surface area (Å²) < 4.78 is 2.47. The van der Waals surface area contributed by atoms with Gasteiger partial charge in [-0.15, -0.1) is 0 Å². The Bertz CT molecular complexity index is 3040. The third-order valence-electron chi connectivity index (χ3n) is 10.8. The van der Waals surface area contributed by atoms with Gasteiger partial charge in [0.15, 0.2) is 0 Å². The van der Waals surface area contributed by atoms with Crippen molar-refractivity contribution in [3.63, 3.8) is 0 Å². The van der Waals surface area contributed by atoms with Crippen LogP contribution in [0, 0.1) is 0 Å². The summed E-state index contributed by atoms with van der Waals surface area (Å²) in [6, 6.07) is 63.6. The third kappa shape index (κ3) is 4.09. The zero-order chi connectivity index (χ0) is 33.5. The first-order valence-electron chi connectivity index (χ1n) is 17.6. The van der Waals surface area contributed by atoms with E-state index in [0.29, 0.717) is 0 Å². The van der Waals surface area contributed by atoms with Gasteiger partial charge in [-0.1, -0.05) is 152 Å². The third-order valence-corrected chi connectivity index (χ3v) is 10.8. The van der Waals surface area contributed by atoms with Crippen LogP contribution in [0.4, 0.5) is 5.69 Å². The number of aromatic nitrogens is 1. The normalized spacial score (nSPS) is 14.4. The Hall–Kier alpha value is -6.71. The van der Waals surface area contributed by atoms with Crippen molar-refractivity contribution in [3.8, 4) is 5.69 Å². The van der Waals surface area contributed by atoms with E-state index in [4.69, 9.17) is 4.99 Å². The van der Waals surface area contributed by atoms with Gasteiger partial charge in [0.1, 0.15) is 6.17 Å². The zero-order valence-electron chi connectivity index (χ0n) is 27.7. The molecule has 0 amide bonds. The minimum absolute atomic E-state index is 0.202. The maximum atomic E-state index is 5.28. The van der Waals surface area contributed by atoms with Crippen LogP contribution >= 0.6 is 0 Å². The molecule has 1 unspecified atom stereocenters. The summed E-state index contributed by atoms with van der Waals surface area (Å²) in [5, 5.41) is 16.6. The Morgan fingerprint density at radius 3 is 1.71 bits per heavy atom. The summed E-state index contributed by atoms with van der Waals surface area (Å²) in [5.74, 6) is 0. The van der Waals surface area contributed by atoms with E-state index >= 15 is 0 Å². The average Bonchev–Trinajstić information content (AvgIpc) is 3.56. The number of nitrogens with one attached hydrogen (secondary N) is 1. The summed E-state index contributed by atoms with van der Waals surface area (Å²) in [4.78, 5) is 5.28. The molecule has 1 N–H and O–H groups in total. The molecule has 1 aliphatic heterocycles. The lowest BCUT2D eigenvalue weighted by Gasteiger charge is -2.26. The van der Waals surface area contributed by atoms with Crippen LogP contribution < -0.4 is 5.32 Å². The van der Waals surface area contributed by atoms with Crippen LogP contribution in [0.25, 0.3) is 70.6 Å². The van der Waals surface area contributed by atoms with Crippen molar-refractivity contribution in [2.24, 2.45) is 4.99 Å². The minimum Gasteiger partial charge on any atom is -0.360 e. The molecule has 238 valence electrons. The van der Waals surface area contributed by atoms with Crippen molar-refractivity contribution in [2.45, 2.75) is 6.17 Å². The number of hydrogen-bond donors (Lipinski definition) is 1. The van der Waals surface area contributed by atoms with E-state index < -0.39 is 0 Å². The van der Waals surface area contributed by atoms with Gasteiger partial charge in [-0.3, -0.25) is 4.99 Å². The van der Waals surface area contributed by atoms with Crippen LogP contribution in [0.15, 0.2) is 181 Å². The maximum absolute atomic E-state index is 5.28. The number of hydrogen-bond acceptors (Lipinski definition) is 2. The SMILES string of the molecule is c1ccc(C2=NC(c3ccc(-n4c5ccccc5c5c6c7ccccc7c7ccccc7c6c6ccccc6c54)cc3)Nc3ccccc32)cc1. The molecule has 1 aliphatic rings.